The van der Waals surface area contributed by atoms with Crippen molar-refractivity contribution in [3.63, 3.8) is 0 Å². The summed E-state index contributed by atoms with van der Waals surface area (Å²) in [4.78, 5) is 39.6. The number of nitrogens with one attached hydrogen (secondary N) is 1. The number of aromatic nitrogens is 2. The van der Waals surface area contributed by atoms with Crippen LogP contribution in [0.25, 0.3) is 11.0 Å². The molecule has 1 amide bonds. The second kappa shape index (κ2) is 6.45. The third-order valence-corrected chi connectivity index (χ3v) is 3.63. The van der Waals surface area contributed by atoms with E-state index in [1.807, 2.05) is 6.07 Å². The lowest BCUT2D eigenvalue weighted by Crippen LogP contribution is -2.27. The van der Waals surface area contributed by atoms with E-state index in [0.717, 1.165) is 0 Å². The van der Waals surface area contributed by atoms with Crippen molar-refractivity contribution in [2.75, 3.05) is 5.32 Å². The van der Waals surface area contributed by atoms with Crippen LogP contribution in [0.2, 0.25) is 0 Å². The van der Waals surface area contributed by atoms with E-state index >= 15 is 0 Å². The average Bonchev–Trinajstić information content (AvgIpc) is 2.58. The fraction of sp³-hybridized carbons (Fsp3) is 0.111. The van der Waals surface area contributed by atoms with Crippen LogP contribution in [0, 0.1) is 0 Å². The largest absolute Gasteiger partial charge is 0.325 e. The highest BCUT2D eigenvalue weighted by atomic mass is 16.2. The zero-order chi connectivity index (χ0) is 17.1. The van der Waals surface area contributed by atoms with Gasteiger partial charge in [-0.25, -0.2) is 4.98 Å². The molecule has 24 heavy (non-hydrogen) atoms. The number of para-hydroxylation sites is 2. The maximum absolute atomic E-state index is 12.2. The Hall–Kier alpha value is -3.28. The summed E-state index contributed by atoms with van der Waals surface area (Å²) >= 11 is 0. The molecule has 6 nitrogen and oxygen atoms in total. The van der Waals surface area contributed by atoms with Gasteiger partial charge in [-0.2, -0.15) is 0 Å². The first-order chi connectivity index (χ1) is 11.5. The van der Waals surface area contributed by atoms with Crippen LogP contribution in [0.1, 0.15) is 17.3 Å². The number of rotatable bonds is 4. The predicted octanol–water partition coefficient (Wildman–Crippen LogP) is 2.24. The number of anilines is 1. The van der Waals surface area contributed by atoms with Crippen LogP contribution in [0.15, 0.2) is 59.5 Å². The van der Waals surface area contributed by atoms with Crippen molar-refractivity contribution in [3.05, 3.63) is 70.6 Å². The number of hydrogen-bond acceptors (Lipinski definition) is 4. The first-order valence-corrected chi connectivity index (χ1v) is 7.40. The van der Waals surface area contributed by atoms with Crippen LogP contribution in [-0.4, -0.2) is 21.2 Å². The summed E-state index contributed by atoms with van der Waals surface area (Å²) in [5.74, 6) is -0.369. The van der Waals surface area contributed by atoms with Crippen molar-refractivity contribution in [2.24, 2.45) is 0 Å². The molecular weight excluding hydrogens is 306 g/mol. The smallest absolute Gasteiger partial charge is 0.269 e. The fourth-order valence-electron chi connectivity index (χ4n) is 2.41. The molecule has 0 fully saturated rings. The number of ketones is 1. The molecule has 6 heteroatoms. The number of amides is 1. The summed E-state index contributed by atoms with van der Waals surface area (Å²) in [6.45, 7) is 1.37. The molecule has 0 saturated heterocycles. The Balaban J connectivity index is 1.81. The van der Waals surface area contributed by atoms with Gasteiger partial charge in [-0.3, -0.25) is 19.0 Å². The number of carbonyl (C=O) groups is 2. The lowest BCUT2D eigenvalue weighted by atomic mass is 10.1. The Kier molecular flexibility index (Phi) is 4.20. The first kappa shape index (κ1) is 15.6. The standard InChI is InChI=1S/C18H15N3O3/c1-12(22)13-6-8-14(9-7-13)20-17(23)11-21-16-5-3-2-4-15(16)19-10-18(21)24/h2-10H,11H2,1H3,(H,20,23). The highest BCUT2D eigenvalue weighted by molar-refractivity contribution is 5.95. The molecule has 1 aromatic heterocycles. The first-order valence-electron chi connectivity index (χ1n) is 7.40. The molecule has 120 valence electrons. The van der Waals surface area contributed by atoms with Crippen molar-refractivity contribution in [1.82, 2.24) is 9.55 Å². The molecule has 0 aliphatic carbocycles. The third kappa shape index (κ3) is 3.22. The molecule has 0 atom stereocenters. The molecule has 0 radical (unpaired) electrons. The highest BCUT2D eigenvalue weighted by Crippen LogP contribution is 2.11. The predicted molar refractivity (Wildman–Crippen MR) is 91.1 cm³/mol. The second-order valence-corrected chi connectivity index (χ2v) is 5.35. The molecule has 0 bridgehead atoms. The maximum atomic E-state index is 12.2. The van der Waals surface area contributed by atoms with E-state index in [9.17, 15) is 14.4 Å². The lowest BCUT2D eigenvalue weighted by molar-refractivity contribution is -0.116. The van der Waals surface area contributed by atoms with Gasteiger partial charge in [-0.1, -0.05) is 12.1 Å². The van der Waals surface area contributed by atoms with Crippen LogP contribution < -0.4 is 10.9 Å². The quantitative estimate of drug-likeness (QED) is 0.747. The summed E-state index contributed by atoms with van der Waals surface area (Å²) in [6.07, 6.45) is 1.21. The summed E-state index contributed by atoms with van der Waals surface area (Å²) < 4.78 is 1.38. The average molecular weight is 321 g/mol. The van der Waals surface area contributed by atoms with Crippen LogP contribution in [-0.2, 0) is 11.3 Å². The van der Waals surface area contributed by atoms with E-state index < -0.39 is 0 Å². The van der Waals surface area contributed by atoms with Crippen molar-refractivity contribution in [2.45, 2.75) is 13.5 Å². The van der Waals surface area contributed by atoms with Gasteiger partial charge >= 0.3 is 0 Å². The van der Waals surface area contributed by atoms with Crippen molar-refractivity contribution >= 4 is 28.4 Å². The Bertz CT molecular complexity index is 975. The van der Waals surface area contributed by atoms with Gasteiger partial charge in [0.25, 0.3) is 5.56 Å². The lowest BCUT2D eigenvalue weighted by Gasteiger charge is -2.10. The van der Waals surface area contributed by atoms with Crippen LogP contribution in [0.3, 0.4) is 0 Å². The normalized spacial score (nSPS) is 10.5. The molecular formula is C18H15N3O3. The van der Waals surface area contributed by atoms with E-state index in [2.05, 4.69) is 10.3 Å². The van der Waals surface area contributed by atoms with Crippen LogP contribution in [0.5, 0.6) is 0 Å². The number of fused-ring (bicyclic) bond motifs is 1. The fourth-order valence-corrected chi connectivity index (χ4v) is 2.41. The molecule has 0 unspecified atom stereocenters. The topological polar surface area (TPSA) is 81.1 Å². The van der Waals surface area contributed by atoms with Gasteiger partial charge in [0.2, 0.25) is 5.91 Å². The number of nitrogens with zero attached hydrogens (tertiary/aromatic N) is 2. The zero-order valence-electron chi connectivity index (χ0n) is 13.0. The van der Waals surface area contributed by atoms with Crippen molar-refractivity contribution in [1.29, 1.82) is 0 Å². The molecule has 3 aromatic rings. The summed E-state index contributed by atoms with van der Waals surface area (Å²) in [6, 6.07) is 13.7. The summed E-state index contributed by atoms with van der Waals surface area (Å²) in [5.41, 5.74) is 2.05. The van der Waals surface area contributed by atoms with Gasteiger partial charge in [-0.05, 0) is 43.3 Å². The highest BCUT2D eigenvalue weighted by Gasteiger charge is 2.09. The maximum Gasteiger partial charge on any atom is 0.269 e. The number of Topliss-reactive ketones (excluding diaryl/α,β-unsaturated/α-hetero) is 1. The SMILES string of the molecule is CC(=O)c1ccc(NC(=O)Cn2c(=O)cnc3ccccc32)cc1. The minimum absolute atomic E-state index is 0.0392. The summed E-state index contributed by atoms with van der Waals surface area (Å²) in [5, 5.41) is 2.72. The molecule has 1 N–H and O–H groups in total. The zero-order valence-corrected chi connectivity index (χ0v) is 13.0. The van der Waals surface area contributed by atoms with E-state index in [1.54, 1.807) is 42.5 Å². The van der Waals surface area contributed by atoms with Crippen LogP contribution in [0.4, 0.5) is 5.69 Å². The van der Waals surface area contributed by atoms with Gasteiger partial charge in [0.05, 0.1) is 17.2 Å². The van der Waals surface area contributed by atoms with E-state index in [0.29, 0.717) is 22.3 Å². The molecule has 0 aliphatic heterocycles. The van der Waals surface area contributed by atoms with E-state index in [-0.39, 0.29) is 23.8 Å². The molecule has 0 saturated carbocycles. The second-order valence-electron chi connectivity index (χ2n) is 5.35. The number of benzene rings is 2. The Morgan fingerprint density at radius 2 is 1.79 bits per heavy atom. The van der Waals surface area contributed by atoms with Crippen molar-refractivity contribution < 1.29 is 9.59 Å². The Labute approximate surface area is 137 Å². The van der Waals surface area contributed by atoms with Gasteiger partial charge in [0.1, 0.15) is 6.54 Å². The minimum atomic E-state index is -0.337. The summed E-state index contributed by atoms with van der Waals surface area (Å²) in [7, 11) is 0. The van der Waals surface area contributed by atoms with Gasteiger partial charge in [-0.15, -0.1) is 0 Å². The molecule has 0 spiro atoms. The van der Waals surface area contributed by atoms with Gasteiger partial charge in [0.15, 0.2) is 5.78 Å². The monoisotopic (exact) mass is 321 g/mol. The van der Waals surface area contributed by atoms with E-state index in [4.69, 9.17) is 0 Å². The molecule has 3 rings (SSSR count). The molecule has 1 heterocycles. The van der Waals surface area contributed by atoms with Gasteiger partial charge < -0.3 is 5.32 Å². The van der Waals surface area contributed by atoms with Gasteiger partial charge in [0, 0.05) is 11.3 Å². The van der Waals surface area contributed by atoms with E-state index in [1.165, 1.54) is 17.7 Å². The molecule has 2 aromatic carbocycles. The number of carbonyl (C=O) groups excluding carboxylic acids is 2. The van der Waals surface area contributed by atoms with Crippen molar-refractivity contribution in [3.8, 4) is 0 Å². The number of hydrogen-bond donors (Lipinski definition) is 1. The Morgan fingerprint density at radius 1 is 1.08 bits per heavy atom. The third-order valence-electron chi connectivity index (χ3n) is 3.63. The Morgan fingerprint density at radius 3 is 2.50 bits per heavy atom. The molecule has 0 aliphatic rings. The minimum Gasteiger partial charge on any atom is -0.325 e. The van der Waals surface area contributed by atoms with Crippen LogP contribution >= 0.6 is 0 Å².